The molecule has 232 valence electrons. The summed E-state index contributed by atoms with van der Waals surface area (Å²) < 4.78 is 22.1. The van der Waals surface area contributed by atoms with Crippen LogP contribution in [0.15, 0.2) is 36.5 Å². The maximum Gasteiger partial charge on any atom is 0.306 e. The lowest BCUT2D eigenvalue weighted by Gasteiger charge is -2.39. The lowest BCUT2D eigenvalue weighted by atomic mass is 9.99. The highest BCUT2D eigenvalue weighted by atomic mass is 16.7. The second-order valence-corrected chi connectivity index (χ2v) is 10.2. The van der Waals surface area contributed by atoms with Gasteiger partial charge in [0.2, 0.25) is 0 Å². The molecule has 0 radical (unpaired) electrons. The number of hydrogen-bond donors (Lipinski definition) is 4. The third kappa shape index (κ3) is 16.6. The maximum atomic E-state index is 12.0. The smallest absolute Gasteiger partial charge is 0.306 e. The van der Waals surface area contributed by atoms with Crippen LogP contribution in [-0.2, 0) is 23.7 Å². The summed E-state index contributed by atoms with van der Waals surface area (Å²) in [7, 11) is 0. The zero-order valence-corrected chi connectivity index (χ0v) is 24.6. The second kappa shape index (κ2) is 24.1. The van der Waals surface area contributed by atoms with E-state index >= 15 is 0 Å². The number of hydrogen-bond acceptors (Lipinski definition) is 9. The Labute approximate surface area is 240 Å². The molecule has 9 heteroatoms. The maximum absolute atomic E-state index is 12.0. The third-order valence-electron chi connectivity index (χ3n) is 6.54. The van der Waals surface area contributed by atoms with E-state index in [9.17, 15) is 25.2 Å². The number of rotatable bonds is 23. The van der Waals surface area contributed by atoms with Crippen LogP contribution in [0.2, 0.25) is 0 Å². The zero-order chi connectivity index (χ0) is 29.4. The van der Waals surface area contributed by atoms with Crippen molar-refractivity contribution in [2.75, 3.05) is 26.4 Å². The molecule has 0 saturated carbocycles. The first kappa shape index (κ1) is 36.4. The molecule has 0 aromatic carbocycles. The van der Waals surface area contributed by atoms with Crippen molar-refractivity contribution in [2.24, 2.45) is 0 Å². The molecule has 1 rings (SSSR count). The van der Waals surface area contributed by atoms with Crippen molar-refractivity contribution in [3.05, 3.63) is 36.5 Å². The summed E-state index contributed by atoms with van der Waals surface area (Å²) in [5, 5.41) is 39.3. The third-order valence-corrected chi connectivity index (χ3v) is 6.54. The van der Waals surface area contributed by atoms with Crippen molar-refractivity contribution in [1.82, 2.24) is 0 Å². The first-order chi connectivity index (χ1) is 19.4. The number of carbonyl (C=O) groups excluding carboxylic acids is 1. The van der Waals surface area contributed by atoms with Crippen LogP contribution in [0.25, 0.3) is 0 Å². The molecular weight excluding hydrogens is 516 g/mol. The van der Waals surface area contributed by atoms with Crippen molar-refractivity contribution in [1.29, 1.82) is 0 Å². The highest BCUT2D eigenvalue weighted by Gasteiger charge is 2.44. The fourth-order valence-electron chi connectivity index (χ4n) is 4.19. The van der Waals surface area contributed by atoms with Crippen LogP contribution >= 0.6 is 0 Å². The molecule has 1 saturated heterocycles. The Hall–Kier alpha value is -1.59. The van der Waals surface area contributed by atoms with Gasteiger partial charge in [-0.25, -0.2) is 0 Å². The van der Waals surface area contributed by atoms with Gasteiger partial charge < -0.3 is 39.4 Å². The van der Waals surface area contributed by atoms with E-state index in [1.165, 1.54) is 19.3 Å². The van der Waals surface area contributed by atoms with Crippen LogP contribution < -0.4 is 0 Å². The zero-order valence-electron chi connectivity index (χ0n) is 24.6. The van der Waals surface area contributed by atoms with Gasteiger partial charge in [0.25, 0.3) is 0 Å². The highest BCUT2D eigenvalue weighted by Crippen LogP contribution is 2.22. The first-order valence-electron chi connectivity index (χ1n) is 15.1. The number of ether oxygens (including phenoxy) is 4. The van der Waals surface area contributed by atoms with E-state index in [-0.39, 0.29) is 25.6 Å². The van der Waals surface area contributed by atoms with Crippen LogP contribution in [0.3, 0.4) is 0 Å². The van der Waals surface area contributed by atoms with Crippen LogP contribution in [0.1, 0.15) is 90.9 Å². The van der Waals surface area contributed by atoms with E-state index in [0.29, 0.717) is 13.0 Å². The fraction of sp³-hybridized carbons (Fsp3) is 0.774. The summed E-state index contributed by atoms with van der Waals surface area (Å²) in [6, 6.07) is 0. The van der Waals surface area contributed by atoms with Gasteiger partial charge in [0.05, 0.1) is 19.8 Å². The molecule has 4 N–H and O–H groups in total. The SMILES string of the molecule is CC/C=C\C/C=C\C/C=C\CCCCCCCCOCC(COC1OC(CO)C(O)C(O)C1O)OC(=O)CCC. The molecule has 1 fully saturated rings. The molecule has 0 bridgehead atoms. The number of esters is 1. The van der Waals surface area contributed by atoms with Gasteiger partial charge in [0.1, 0.15) is 30.5 Å². The first-order valence-corrected chi connectivity index (χ1v) is 15.1. The molecular formula is C31H54O9. The number of carbonyl (C=O) groups is 1. The fourth-order valence-corrected chi connectivity index (χ4v) is 4.19. The van der Waals surface area contributed by atoms with Crippen molar-refractivity contribution in [3.8, 4) is 0 Å². The summed E-state index contributed by atoms with van der Waals surface area (Å²) in [6.07, 6.45) is 17.6. The molecule has 1 heterocycles. The molecule has 40 heavy (non-hydrogen) atoms. The van der Waals surface area contributed by atoms with Crippen LogP contribution in [0.5, 0.6) is 0 Å². The summed E-state index contributed by atoms with van der Waals surface area (Å²) in [6.45, 7) is 4.01. The summed E-state index contributed by atoms with van der Waals surface area (Å²) in [5.41, 5.74) is 0. The predicted octanol–water partition coefficient (Wildman–Crippen LogP) is 4.12. The van der Waals surface area contributed by atoms with Crippen LogP contribution in [0.4, 0.5) is 0 Å². The molecule has 9 nitrogen and oxygen atoms in total. The lowest BCUT2D eigenvalue weighted by molar-refractivity contribution is -0.305. The molecule has 0 aromatic rings. The summed E-state index contributed by atoms with van der Waals surface area (Å²) >= 11 is 0. The van der Waals surface area contributed by atoms with Crippen LogP contribution in [-0.4, -0.2) is 89.6 Å². The number of allylic oxidation sites excluding steroid dienone is 6. The van der Waals surface area contributed by atoms with Gasteiger partial charge in [-0.15, -0.1) is 0 Å². The molecule has 1 aliphatic rings. The molecule has 1 aliphatic heterocycles. The average Bonchev–Trinajstić information content (AvgIpc) is 2.94. The van der Waals surface area contributed by atoms with Crippen molar-refractivity contribution in [2.45, 2.75) is 128 Å². The summed E-state index contributed by atoms with van der Waals surface area (Å²) in [4.78, 5) is 12.0. The molecule has 6 atom stereocenters. The number of aliphatic hydroxyl groups excluding tert-OH is 4. The van der Waals surface area contributed by atoms with Crippen LogP contribution in [0, 0.1) is 0 Å². The van der Waals surface area contributed by atoms with E-state index in [1.54, 1.807) is 0 Å². The molecule has 0 aliphatic carbocycles. The van der Waals surface area contributed by atoms with Gasteiger partial charge in [-0.3, -0.25) is 4.79 Å². The Balaban J connectivity index is 2.20. The van der Waals surface area contributed by atoms with Crippen molar-refractivity contribution >= 4 is 5.97 Å². The second-order valence-electron chi connectivity index (χ2n) is 10.2. The van der Waals surface area contributed by atoms with Gasteiger partial charge in [0.15, 0.2) is 6.29 Å². The number of unbranched alkanes of at least 4 members (excludes halogenated alkanes) is 6. The van der Waals surface area contributed by atoms with Crippen molar-refractivity contribution < 1.29 is 44.2 Å². The Kier molecular flexibility index (Phi) is 21.9. The minimum absolute atomic E-state index is 0.126. The Bertz CT molecular complexity index is 707. The molecule has 0 spiro atoms. The Morgan fingerprint density at radius 3 is 2.15 bits per heavy atom. The van der Waals surface area contributed by atoms with E-state index in [4.69, 9.17) is 18.9 Å². The van der Waals surface area contributed by atoms with Gasteiger partial charge in [-0.2, -0.15) is 0 Å². The van der Waals surface area contributed by atoms with Gasteiger partial charge in [-0.1, -0.05) is 76.0 Å². The minimum atomic E-state index is -1.53. The average molecular weight is 571 g/mol. The monoisotopic (exact) mass is 570 g/mol. The van der Waals surface area contributed by atoms with Gasteiger partial charge in [-0.05, 0) is 44.9 Å². The van der Waals surface area contributed by atoms with E-state index in [2.05, 4.69) is 43.4 Å². The Morgan fingerprint density at radius 2 is 1.48 bits per heavy atom. The standard InChI is InChI=1S/C31H54O9/c1-3-5-6-7-8-9-10-11-12-13-14-15-16-17-18-19-21-37-23-25(39-27(33)20-4-2)24-38-31-30(36)29(35)28(34)26(22-32)40-31/h5-6,8-9,11-12,25-26,28-32,34-36H,3-4,7,10,13-24H2,1-2H3/b6-5-,9-8-,12-11-. The quantitative estimate of drug-likeness (QED) is 0.0813. The number of aliphatic hydroxyl groups is 4. The van der Waals surface area contributed by atoms with Crippen molar-refractivity contribution in [3.63, 3.8) is 0 Å². The Morgan fingerprint density at radius 1 is 0.825 bits per heavy atom. The van der Waals surface area contributed by atoms with E-state index in [1.807, 2.05) is 6.92 Å². The molecule has 0 aromatic heterocycles. The summed E-state index contributed by atoms with van der Waals surface area (Å²) in [5.74, 6) is -0.375. The lowest BCUT2D eigenvalue weighted by Crippen LogP contribution is -2.59. The minimum Gasteiger partial charge on any atom is -0.457 e. The predicted molar refractivity (Wildman–Crippen MR) is 155 cm³/mol. The normalized spacial score (nSPS) is 24.4. The van der Waals surface area contributed by atoms with Gasteiger partial charge in [0, 0.05) is 13.0 Å². The van der Waals surface area contributed by atoms with E-state index in [0.717, 1.165) is 44.9 Å². The topological polar surface area (TPSA) is 135 Å². The highest BCUT2D eigenvalue weighted by molar-refractivity contribution is 5.69. The largest absolute Gasteiger partial charge is 0.457 e. The van der Waals surface area contributed by atoms with E-state index < -0.39 is 43.4 Å². The molecule has 0 amide bonds. The van der Waals surface area contributed by atoms with Gasteiger partial charge >= 0.3 is 5.97 Å². The molecule has 6 unspecified atom stereocenters.